The van der Waals surface area contributed by atoms with E-state index in [1.165, 1.54) is 18.9 Å². The Hall–Kier alpha value is -2.17. The minimum Gasteiger partial charge on any atom is -0.366 e. The zero-order valence-corrected chi connectivity index (χ0v) is 12.8. The quantitative estimate of drug-likeness (QED) is 0.939. The highest BCUT2D eigenvalue weighted by Crippen LogP contribution is 2.22. The largest absolute Gasteiger partial charge is 0.366 e. The van der Waals surface area contributed by atoms with Crippen LogP contribution in [0.15, 0.2) is 36.7 Å². The third-order valence-electron chi connectivity index (χ3n) is 4.18. The van der Waals surface area contributed by atoms with Crippen LogP contribution in [0.5, 0.6) is 0 Å². The Labute approximate surface area is 130 Å². The van der Waals surface area contributed by atoms with Crippen LogP contribution in [0.1, 0.15) is 25.3 Å². The van der Waals surface area contributed by atoms with Gasteiger partial charge in [0.05, 0.1) is 0 Å². The van der Waals surface area contributed by atoms with Gasteiger partial charge in [-0.2, -0.15) is 0 Å². The van der Waals surface area contributed by atoms with E-state index in [1.807, 2.05) is 12.1 Å². The molecular weight excluding hydrogens is 279 g/mol. The summed E-state index contributed by atoms with van der Waals surface area (Å²) in [6.45, 7) is 4.77. The average Bonchev–Trinajstić information content (AvgIpc) is 2.55. The lowest BCUT2D eigenvalue weighted by Crippen LogP contribution is -2.33. The van der Waals surface area contributed by atoms with Crippen molar-refractivity contribution in [3.05, 3.63) is 48.0 Å². The van der Waals surface area contributed by atoms with Gasteiger partial charge in [0.15, 0.2) is 0 Å². The number of anilines is 2. The first-order valence-corrected chi connectivity index (χ1v) is 7.76. The lowest BCUT2D eigenvalue weighted by molar-refractivity contribution is 0.436. The maximum absolute atomic E-state index is 13.6. The molecule has 0 unspecified atom stereocenters. The van der Waals surface area contributed by atoms with Gasteiger partial charge < -0.3 is 10.2 Å². The number of hydrogen-bond donors (Lipinski definition) is 1. The molecule has 0 aliphatic carbocycles. The normalized spacial score (nSPS) is 15.8. The smallest absolute Gasteiger partial charge is 0.134 e. The van der Waals surface area contributed by atoms with Crippen LogP contribution in [0, 0.1) is 11.7 Å². The van der Waals surface area contributed by atoms with E-state index in [2.05, 4.69) is 27.1 Å². The molecule has 4 nitrogen and oxygen atoms in total. The second-order valence-corrected chi connectivity index (χ2v) is 5.88. The number of aromatic nitrogens is 2. The highest BCUT2D eigenvalue weighted by Gasteiger charge is 2.17. The van der Waals surface area contributed by atoms with Crippen LogP contribution in [0.3, 0.4) is 0 Å². The van der Waals surface area contributed by atoms with Crippen molar-refractivity contribution >= 4 is 11.6 Å². The molecule has 2 aromatic rings. The van der Waals surface area contributed by atoms with Crippen LogP contribution >= 0.6 is 0 Å². The summed E-state index contributed by atoms with van der Waals surface area (Å²) < 4.78 is 13.6. The molecule has 1 fully saturated rings. The monoisotopic (exact) mass is 300 g/mol. The van der Waals surface area contributed by atoms with Crippen molar-refractivity contribution in [3.8, 4) is 0 Å². The predicted molar refractivity (Wildman–Crippen MR) is 86.4 cm³/mol. The summed E-state index contributed by atoms with van der Waals surface area (Å²) in [6.07, 6.45) is 3.96. The molecule has 0 spiro atoms. The Kier molecular flexibility index (Phi) is 4.51. The molecule has 2 heterocycles. The van der Waals surface area contributed by atoms with Crippen LogP contribution in [0.4, 0.5) is 16.0 Å². The molecule has 1 aromatic heterocycles. The Bertz CT molecular complexity index is 624. The first-order chi connectivity index (χ1) is 10.7. The first-order valence-electron chi connectivity index (χ1n) is 7.76. The molecule has 1 aliphatic rings. The fraction of sp³-hybridized carbons (Fsp3) is 0.412. The van der Waals surface area contributed by atoms with Crippen LogP contribution in [0.25, 0.3) is 0 Å². The van der Waals surface area contributed by atoms with Gasteiger partial charge in [-0.3, -0.25) is 0 Å². The van der Waals surface area contributed by atoms with Crippen LogP contribution < -0.4 is 10.2 Å². The topological polar surface area (TPSA) is 41.0 Å². The Balaban J connectivity index is 1.65. The molecule has 0 bridgehead atoms. The van der Waals surface area contributed by atoms with Gasteiger partial charge in [-0.1, -0.05) is 25.1 Å². The zero-order chi connectivity index (χ0) is 15.4. The molecule has 0 saturated carbocycles. The molecule has 3 rings (SSSR count). The fourth-order valence-electron chi connectivity index (χ4n) is 2.68. The number of benzene rings is 1. The summed E-state index contributed by atoms with van der Waals surface area (Å²) in [4.78, 5) is 10.9. The molecule has 1 aromatic carbocycles. The van der Waals surface area contributed by atoms with E-state index in [-0.39, 0.29) is 5.82 Å². The fourth-order valence-corrected chi connectivity index (χ4v) is 2.68. The standard InChI is InChI=1S/C17H21FN4/c1-13-6-8-22(9-7-13)17-10-16(20-12-21-17)19-11-14-4-2-3-5-15(14)18/h2-5,10,12-13H,6-9,11H2,1H3,(H,19,20,21). The van der Waals surface area contributed by atoms with Gasteiger partial charge in [-0.15, -0.1) is 0 Å². The highest BCUT2D eigenvalue weighted by atomic mass is 19.1. The van der Waals surface area contributed by atoms with Gasteiger partial charge >= 0.3 is 0 Å². The summed E-state index contributed by atoms with van der Waals surface area (Å²) in [5.74, 6) is 2.26. The first kappa shape index (κ1) is 14.8. The van der Waals surface area contributed by atoms with Gasteiger partial charge in [0.2, 0.25) is 0 Å². The molecule has 1 N–H and O–H groups in total. The van der Waals surface area contributed by atoms with Crippen molar-refractivity contribution in [2.24, 2.45) is 5.92 Å². The van der Waals surface area contributed by atoms with Gasteiger partial charge in [0, 0.05) is 31.3 Å². The Morgan fingerprint density at radius 3 is 2.77 bits per heavy atom. The minimum absolute atomic E-state index is 0.200. The van der Waals surface area contributed by atoms with Crippen molar-refractivity contribution in [2.45, 2.75) is 26.3 Å². The second-order valence-electron chi connectivity index (χ2n) is 5.88. The van der Waals surface area contributed by atoms with E-state index < -0.39 is 0 Å². The van der Waals surface area contributed by atoms with E-state index in [9.17, 15) is 4.39 Å². The van der Waals surface area contributed by atoms with E-state index in [1.54, 1.807) is 18.5 Å². The van der Waals surface area contributed by atoms with E-state index in [0.29, 0.717) is 12.1 Å². The molecule has 22 heavy (non-hydrogen) atoms. The van der Waals surface area contributed by atoms with E-state index in [4.69, 9.17) is 0 Å². The number of piperidine rings is 1. The number of nitrogens with one attached hydrogen (secondary N) is 1. The van der Waals surface area contributed by atoms with Crippen molar-refractivity contribution in [1.29, 1.82) is 0 Å². The lowest BCUT2D eigenvalue weighted by Gasteiger charge is -2.31. The highest BCUT2D eigenvalue weighted by molar-refractivity contribution is 5.49. The molecular formula is C17H21FN4. The van der Waals surface area contributed by atoms with E-state index >= 15 is 0 Å². The van der Waals surface area contributed by atoms with Crippen LogP contribution in [-0.4, -0.2) is 23.1 Å². The molecule has 0 amide bonds. The summed E-state index contributed by atoms with van der Waals surface area (Å²) in [5, 5.41) is 3.17. The third kappa shape index (κ3) is 3.53. The molecule has 116 valence electrons. The third-order valence-corrected chi connectivity index (χ3v) is 4.18. The number of rotatable bonds is 4. The molecule has 5 heteroatoms. The van der Waals surface area contributed by atoms with E-state index in [0.717, 1.165) is 30.6 Å². The molecule has 0 atom stereocenters. The lowest BCUT2D eigenvalue weighted by atomic mass is 9.99. The summed E-state index contributed by atoms with van der Waals surface area (Å²) in [5.41, 5.74) is 0.634. The van der Waals surface area contributed by atoms with Gasteiger partial charge in [-0.25, -0.2) is 14.4 Å². The number of halogens is 1. The SMILES string of the molecule is CC1CCN(c2cc(NCc3ccccc3F)ncn2)CC1. The number of hydrogen-bond acceptors (Lipinski definition) is 4. The van der Waals surface area contributed by atoms with Crippen molar-refractivity contribution < 1.29 is 4.39 Å². The van der Waals surface area contributed by atoms with Gasteiger partial charge in [-0.05, 0) is 24.8 Å². The second kappa shape index (κ2) is 6.73. The summed E-state index contributed by atoms with van der Waals surface area (Å²) >= 11 is 0. The maximum atomic E-state index is 13.6. The Morgan fingerprint density at radius 1 is 1.23 bits per heavy atom. The zero-order valence-electron chi connectivity index (χ0n) is 12.8. The molecule has 1 aliphatic heterocycles. The van der Waals surface area contributed by atoms with Gasteiger partial charge in [0.25, 0.3) is 0 Å². The molecule has 0 radical (unpaired) electrons. The predicted octanol–water partition coefficient (Wildman–Crippen LogP) is 3.46. The number of nitrogens with zero attached hydrogens (tertiary/aromatic N) is 3. The maximum Gasteiger partial charge on any atom is 0.134 e. The van der Waals surface area contributed by atoms with Crippen molar-refractivity contribution in [2.75, 3.05) is 23.3 Å². The summed E-state index contributed by atoms with van der Waals surface area (Å²) in [7, 11) is 0. The van der Waals surface area contributed by atoms with Crippen LogP contribution in [0.2, 0.25) is 0 Å². The minimum atomic E-state index is -0.200. The Morgan fingerprint density at radius 2 is 2.00 bits per heavy atom. The average molecular weight is 300 g/mol. The summed E-state index contributed by atoms with van der Waals surface area (Å²) in [6, 6.07) is 8.71. The van der Waals surface area contributed by atoms with Crippen LogP contribution in [-0.2, 0) is 6.54 Å². The van der Waals surface area contributed by atoms with Crippen molar-refractivity contribution in [3.63, 3.8) is 0 Å². The molecule has 1 saturated heterocycles. The van der Waals surface area contributed by atoms with Gasteiger partial charge in [0.1, 0.15) is 23.8 Å². The van der Waals surface area contributed by atoms with Crippen molar-refractivity contribution in [1.82, 2.24) is 9.97 Å².